The summed E-state index contributed by atoms with van der Waals surface area (Å²) in [4.78, 5) is 2.45. The van der Waals surface area contributed by atoms with E-state index in [0.717, 1.165) is 13.1 Å². The summed E-state index contributed by atoms with van der Waals surface area (Å²) in [5, 5.41) is 4.01. The SMILES string of the molecule is CCN(CC)C(C)NC(c1ccccc1)(c1ccccc1)c1ccccc1. The second-order valence-electron chi connectivity index (χ2n) is 6.89. The molecule has 0 saturated carbocycles. The van der Waals surface area contributed by atoms with Crippen LogP contribution in [0.3, 0.4) is 0 Å². The number of nitrogens with zero attached hydrogens (tertiary/aromatic N) is 1. The van der Waals surface area contributed by atoms with Crippen molar-refractivity contribution in [3.8, 4) is 0 Å². The van der Waals surface area contributed by atoms with Crippen molar-refractivity contribution in [1.29, 1.82) is 0 Å². The quantitative estimate of drug-likeness (QED) is 0.437. The normalized spacial score (nSPS) is 12.9. The Bertz CT molecular complexity index is 699. The fourth-order valence-corrected chi connectivity index (χ4v) is 3.99. The van der Waals surface area contributed by atoms with Crippen molar-refractivity contribution < 1.29 is 0 Å². The third-order valence-corrected chi connectivity index (χ3v) is 5.41. The van der Waals surface area contributed by atoms with Gasteiger partial charge in [0.2, 0.25) is 0 Å². The Morgan fingerprint density at radius 3 is 1.30 bits per heavy atom. The molecule has 0 amide bonds. The highest BCUT2D eigenvalue weighted by Gasteiger charge is 2.37. The van der Waals surface area contributed by atoms with Crippen molar-refractivity contribution in [2.45, 2.75) is 32.5 Å². The molecule has 1 N–H and O–H groups in total. The van der Waals surface area contributed by atoms with Gasteiger partial charge >= 0.3 is 0 Å². The highest BCUT2D eigenvalue weighted by atomic mass is 15.3. The average molecular weight is 359 g/mol. The fraction of sp³-hybridized carbons (Fsp3) is 0.280. The first-order chi connectivity index (χ1) is 13.2. The molecule has 0 fully saturated rings. The Hall–Kier alpha value is -2.42. The summed E-state index contributed by atoms with van der Waals surface area (Å²) in [5.74, 6) is 0. The van der Waals surface area contributed by atoms with Gasteiger partial charge in [-0.3, -0.25) is 10.2 Å². The van der Waals surface area contributed by atoms with Crippen LogP contribution < -0.4 is 5.32 Å². The van der Waals surface area contributed by atoms with Crippen molar-refractivity contribution in [3.05, 3.63) is 108 Å². The molecule has 3 rings (SSSR count). The summed E-state index contributed by atoms with van der Waals surface area (Å²) in [6.45, 7) is 8.72. The highest BCUT2D eigenvalue weighted by molar-refractivity contribution is 5.49. The van der Waals surface area contributed by atoms with E-state index in [1.807, 2.05) is 0 Å². The molecule has 0 radical (unpaired) electrons. The van der Waals surface area contributed by atoms with E-state index in [4.69, 9.17) is 0 Å². The van der Waals surface area contributed by atoms with E-state index in [0.29, 0.717) is 0 Å². The Kier molecular flexibility index (Phi) is 6.44. The third kappa shape index (κ3) is 3.97. The second kappa shape index (κ2) is 8.98. The van der Waals surface area contributed by atoms with E-state index in [9.17, 15) is 0 Å². The fourth-order valence-electron chi connectivity index (χ4n) is 3.99. The Labute approximate surface area is 163 Å². The van der Waals surface area contributed by atoms with E-state index < -0.39 is 5.54 Å². The average Bonchev–Trinajstić information content (AvgIpc) is 2.75. The second-order valence-corrected chi connectivity index (χ2v) is 6.89. The number of hydrogen-bond acceptors (Lipinski definition) is 2. The van der Waals surface area contributed by atoms with Crippen LogP contribution in [0.15, 0.2) is 91.0 Å². The molecule has 2 heteroatoms. The van der Waals surface area contributed by atoms with Gasteiger partial charge in [0.25, 0.3) is 0 Å². The third-order valence-electron chi connectivity index (χ3n) is 5.41. The van der Waals surface area contributed by atoms with Crippen molar-refractivity contribution in [2.24, 2.45) is 0 Å². The summed E-state index contributed by atoms with van der Waals surface area (Å²) in [6.07, 6.45) is 0.223. The van der Waals surface area contributed by atoms with E-state index in [-0.39, 0.29) is 6.17 Å². The minimum atomic E-state index is -0.411. The van der Waals surface area contributed by atoms with Gasteiger partial charge in [-0.25, -0.2) is 0 Å². The smallest absolute Gasteiger partial charge is 0.0959 e. The van der Waals surface area contributed by atoms with E-state index in [1.54, 1.807) is 0 Å². The molecule has 1 unspecified atom stereocenters. The highest BCUT2D eigenvalue weighted by Crippen LogP contribution is 2.37. The molecule has 27 heavy (non-hydrogen) atoms. The number of nitrogens with one attached hydrogen (secondary N) is 1. The summed E-state index contributed by atoms with van der Waals surface area (Å²) in [5.41, 5.74) is 3.34. The topological polar surface area (TPSA) is 15.3 Å². The summed E-state index contributed by atoms with van der Waals surface area (Å²) < 4.78 is 0. The Morgan fingerprint density at radius 1 is 0.667 bits per heavy atom. The lowest BCUT2D eigenvalue weighted by Crippen LogP contribution is -2.54. The maximum Gasteiger partial charge on any atom is 0.0959 e. The molecule has 2 nitrogen and oxygen atoms in total. The molecule has 0 spiro atoms. The molecule has 0 bridgehead atoms. The van der Waals surface area contributed by atoms with Crippen molar-refractivity contribution in [3.63, 3.8) is 0 Å². The predicted molar refractivity (Wildman–Crippen MR) is 115 cm³/mol. The minimum absolute atomic E-state index is 0.223. The molecule has 0 aliphatic carbocycles. The largest absolute Gasteiger partial charge is 0.289 e. The van der Waals surface area contributed by atoms with Crippen LogP contribution in [0.25, 0.3) is 0 Å². The predicted octanol–water partition coefficient (Wildman–Crippen LogP) is 5.26. The number of benzene rings is 3. The molecule has 0 heterocycles. The van der Waals surface area contributed by atoms with Gasteiger partial charge in [-0.15, -0.1) is 0 Å². The lowest BCUT2D eigenvalue weighted by atomic mass is 9.76. The van der Waals surface area contributed by atoms with E-state index in [1.165, 1.54) is 16.7 Å². The molecular weight excluding hydrogens is 328 g/mol. The van der Waals surface area contributed by atoms with Crippen LogP contribution in [0, 0.1) is 0 Å². The zero-order chi connectivity index (χ0) is 19.1. The molecule has 0 aliphatic heterocycles. The van der Waals surface area contributed by atoms with Gasteiger partial charge in [-0.2, -0.15) is 0 Å². The van der Waals surface area contributed by atoms with Crippen molar-refractivity contribution >= 4 is 0 Å². The maximum atomic E-state index is 4.01. The minimum Gasteiger partial charge on any atom is -0.289 e. The molecule has 140 valence electrons. The molecular formula is C25H30N2. The molecule has 0 aromatic heterocycles. The zero-order valence-electron chi connectivity index (χ0n) is 16.6. The summed E-state index contributed by atoms with van der Waals surface area (Å²) >= 11 is 0. The molecule has 0 aliphatic rings. The van der Waals surface area contributed by atoms with Crippen LogP contribution in [-0.2, 0) is 5.54 Å². The lowest BCUT2D eigenvalue weighted by Gasteiger charge is -2.42. The van der Waals surface area contributed by atoms with E-state index >= 15 is 0 Å². The standard InChI is InChI=1S/C25H30N2/c1-4-27(5-2)21(3)26-25(22-15-9-6-10-16-22,23-17-11-7-12-18-23)24-19-13-8-14-20-24/h6-21,26H,4-5H2,1-3H3. The molecule has 3 aromatic rings. The van der Waals surface area contributed by atoms with Crippen LogP contribution >= 0.6 is 0 Å². The van der Waals surface area contributed by atoms with Crippen LogP contribution in [0.2, 0.25) is 0 Å². The maximum absolute atomic E-state index is 4.01. The monoisotopic (exact) mass is 358 g/mol. The van der Waals surface area contributed by atoms with Gasteiger partial charge in [-0.05, 0) is 36.7 Å². The number of rotatable bonds is 8. The Balaban J connectivity index is 2.23. The van der Waals surface area contributed by atoms with Crippen molar-refractivity contribution in [2.75, 3.05) is 13.1 Å². The molecule has 3 aromatic carbocycles. The number of hydrogen-bond donors (Lipinski definition) is 1. The van der Waals surface area contributed by atoms with Crippen LogP contribution in [-0.4, -0.2) is 24.2 Å². The zero-order valence-corrected chi connectivity index (χ0v) is 16.6. The van der Waals surface area contributed by atoms with Gasteiger partial charge in [0.05, 0.1) is 11.7 Å². The molecule has 1 atom stereocenters. The van der Waals surface area contributed by atoms with Crippen LogP contribution in [0.5, 0.6) is 0 Å². The lowest BCUT2D eigenvalue weighted by molar-refractivity contribution is 0.170. The summed E-state index contributed by atoms with van der Waals surface area (Å²) in [7, 11) is 0. The first-order valence-electron chi connectivity index (χ1n) is 9.90. The van der Waals surface area contributed by atoms with Gasteiger partial charge in [0.15, 0.2) is 0 Å². The van der Waals surface area contributed by atoms with Crippen LogP contribution in [0.1, 0.15) is 37.5 Å². The van der Waals surface area contributed by atoms with Crippen molar-refractivity contribution in [1.82, 2.24) is 10.2 Å². The van der Waals surface area contributed by atoms with E-state index in [2.05, 4.69) is 122 Å². The first-order valence-corrected chi connectivity index (χ1v) is 9.90. The van der Waals surface area contributed by atoms with Gasteiger partial charge in [0, 0.05) is 0 Å². The van der Waals surface area contributed by atoms with Crippen LogP contribution in [0.4, 0.5) is 0 Å². The van der Waals surface area contributed by atoms with Gasteiger partial charge in [-0.1, -0.05) is 105 Å². The first kappa shape index (κ1) is 19.3. The molecule has 0 saturated heterocycles. The Morgan fingerprint density at radius 2 is 1.00 bits per heavy atom. The van der Waals surface area contributed by atoms with Gasteiger partial charge < -0.3 is 0 Å². The summed E-state index contributed by atoms with van der Waals surface area (Å²) in [6, 6.07) is 32.3. The van der Waals surface area contributed by atoms with Gasteiger partial charge in [0.1, 0.15) is 0 Å².